The number of carboxylic acids is 1. The van der Waals surface area contributed by atoms with Crippen molar-refractivity contribution >= 4 is 29.3 Å². The Labute approximate surface area is 133 Å². The summed E-state index contributed by atoms with van der Waals surface area (Å²) < 4.78 is 0. The summed E-state index contributed by atoms with van der Waals surface area (Å²) in [6.45, 7) is 0. The lowest BCUT2D eigenvalue weighted by Gasteiger charge is -2.31. The minimum atomic E-state index is -0.919. The highest BCUT2D eigenvalue weighted by atomic mass is 16.4. The van der Waals surface area contributed by atoms with Crippen LogP contribution in [0.25, 0.3) is 0 Å². The number of carbonyl (C=O) groups excluding carboxylic acids is 2. The first-order valence-corrected chi connectivity index (χ1v) is 7.74. The fraction of sp³-hybridized carbons (Fsp3) is 0.438. The number of benzene rings is 1. The van der Waals surface area contributed by atoms with E-state index in [-0.39, 0.29) is 11.9 Å². The number of hydrogen-bond acceptors (Lipinski definition) is 3. The fourth-order valence-corrected chi connectivity index (χ4v) is 2.56. The number of rotatable bonds is 5. The number of nitrogens with one attached hydrogen (secondary N) is 3. The molecular formula is C16H19N3O4. The van der Waals surface area contributed by atoms with E-state index < -0.39 is 17.8 Å². The quantitative estimate of drug-likeness (QED) is 0.666. The molecule has 2 atom stereocenters. The third-order valence-corrected chi connectivity index (χ3v) is 4.25. The summed E-state index contributed by atoms with van der Waals surface area (Å²) in [7, 11) is 0. The molecule has 1 aromatic rings. The largest absolute Gasteiger partial charge is 0.481 e. The number of amides is 3. The lowest BCUT2D eigenvalue weighted by atomic mass is 9.73. The van der Waals surface area contributed by atoms with Crippen molar-refractivity contribution in [3.63, 3.8) is 0 Å². The van der Waals surface area contributed by atoms with E-state index in [0.29, 0.717) is 30.3 Å². The molecule has 1 aromatic carbocycles. The summed E-state index contributed by atoms with van der Waals surface area (Å²) in [6, 6.07) is 6.80. The Hall–Kier alpha value is -2.57. The van der Waals surface area contributed by atoms with Crippen LogP contribution in [0, 0.1) is 11.8 Å². The van der Waals surface area contributed by atoms with E-state index >= 15 is 0 Å². The monoisotopic (exact) mass is 317 g/mol. The zero-order valence-corrected chi connectivity index (χ0v) is 12.5. The van der Waals surface area contributed by atoms with E-state index in [1.54, 1.807) is 24.3 Å². The van der Waals surface area contributed by atoms with Gasteiger partial charge in [0.1, 0.15) is 0 Å². The molecule has 2 aliphatic rings. The van der Waals surface area contributed by atoms with Crippen molar-refractivity contribution in [1.82, 2.24) is 5.32 Å². The molecule has 2 fully saturated rings. The Morgan fingerprint density at radius 2 is 1.43 bits per heavy atom. The number of anilines is 2. The summed E-state index contributed by atoms with van der Waals surface area (Å²) in [5.41, 5.74) is 1.22. The number of urea groups is 1. The lowest BCUT2D eigenvalue weighted by molar-refractivity contribution is -0.151. The molecule has 0 radical (unpaired) electrons. The number of carbonyl (C=O) groups is 3. The van der Waals surface area contributed by atoms with Gasteiger partial charge in [0.25, 0.3) is 0 Å². The molecule has 0 heterocycles. The molecular weight excluding hydrogens is 298 g/mol. The maximum absolute atomic E-state index is 12.0. The molecule has 0 spiro atoms. The van der Waals surface area contributed by atoms with Crippen molar-refractivity contribution in [3.8, 4) is 0 Å². The number of hydrogen-bond donors (Lipinski definition) is 4. The number of aliphatic carboxylic acids is 1. The second-order valence-electron chi connectivity index (χ2n) is 6.07. The van der Waals surface area contributed by atoms with Crippen LogP contribution in [0.4, 0.5) is 16.2 Å². The first-order chi connectivity index (χ1) is 11.0. The zero-order valence-electron chi connectivity index (χ0n) is 12.5. The normalized spacial score (nSPS) is 22.6. The van der Waals surface area contributed by atoms with E-state index in [9.17, 15) is 14.4 Å². The molecule has 0 aromatic heterocycles. The van der Waals surface area contributed by atoms with Gasteiger partial charge in [-0.1, -0.05) is 0 Å². The van der Waals surface area contributed by atoms with E-state index in [0.717, 1.165) is 12.8 Å². The minimum Gasteiger partial charge on any atom is -0.481 e. The predicted molar refractivity (Wildman–Crippen MR) is 84.1 cm³/mol. The lowest BCUT2D eigenvalue weighted by Crippen LogP contribution is -2.41. The molecule has 7 nitrogen and oxygen atoms in total. The molecule has 7 heteroatoms. The van der Waals surface area contributed by atoms with Crippen LogP contribution < -0.4 is 16.0 Å². The first-order valence-electron chi connectivity index (χ1n) is 7.74. The Balaban J connectivity index is 1.51. The Morgan fingerprint density at radius 1 is 0.870 bits per heavy atom. The molecule has 2 unspecified atom stereocenters. The van der Waals surface area contributed by atoms with Gasteiger partial charge in [0.2, 0.25) is 5.91 Å². The minimum absolute atomic E-state index is 0.233. The highest BCUT2D eigenvalue weighted by molar-refractivity contribution is 5.96. The van der Waals surface area contributed by atoms with Crippen molar-refractivity contribution in [1.29, 1.82) is 0 Å². The van der Waals surface area contributed by atoms with Gasteiger partial charge >= 0.3 is 12.0 Å². The van der Waals surface area contributed by atoms with E-state index in [4.69, 9.17) is 5.11 Å². The smallest absolute Gasteiger partial charge is 0.319 e. The van der Waals surface area contributed by atoms with Crippen LogP contribution in [0.5, 0.6) is 0 Å². The maximum Gasteiger partial charge on any atom is 0.319 e. The van der Waals surface area contributed by atoms with Crippen molar-refractivity contribution in [2.24, 2.45) is 11.8 Å². The van der Waals surface area contributed by atoms with Crippen LogP contribution in [0.3, 0.4) is 0 Å². The van der Waals surface area contributed by atoms with E-state index in [1.807, 2.05) is 0 Å². The SMILES string of the molecule is O=C(Nc1ccc(NC(=O)C2CCC2C(=O)O)cc1)NC1CC1. The third kappa shape index (κ3) is 3.80. The first kappa shape index (κ1) is 15.3. The fourth-order valence-electron chi connectivity index (χ4n) is 2.56. The highest BCUT2D eigenvalue weighted by Crippen LogP contribution is 2.35. The van der Waals surface area contributed by atoms with Crippen LogP contribution in [-0.2, 0) is 9.59 Å². The molecule has 2 saturated carbocycles. The average molecular weight is 317 g/mol. The molecule has 0 saturated heterocycles. The van der Waals surface area contributed by atoms with Gasteiger partial charge in [0, 0.05) is 17.4 Å². The van der Waals surface area contributed by atoms with Gasteiger partial charge in [-0.15, -0.1) is 0 Å². The van der Waals surface area contributed by atoms with Gasteiger partial charge in [0.05, 0.1) is 11.8 Å². The molecule has 122 valence electrons. The van der Waals surface area contributed by atoms with Gasteiger partial charge in [-0.25, -0.2) is 4.79 Å². The molecule has 3 amide bonds. The Morgan fingerprint density at radius 3 is 1.91 bits per heavy atom. The molecule has 0 aliphatic heterocycles. The molecule has 2 aliphatic carbocycles. The van der Waals surface area contributed by atoms with Crippen LogP contribution in [-0.4, -0.2) is 29.1 Å². The Bertz CT molecular complexity index is 625. The predicted octanol–water partition coefficient (Wildman–Crippen LogP) is 2.02. The molecule has 3 rings (SSSR count). The van der Waals surface area contributed by atoms with Gasteiger partial charge < -0.3 is 21.1 Å². The summed E-state index contributed by atoms with van der Waals surface area (Å²) in [5, 5.41) is 17.2. The third-order valence-electron chi connectivity index (χ3n) is 4.25. The second-order valence-corrected chi connectivity index (χ2v) is 6.07. The standard InChI is InChI=1S/C16H19N3O4/c20-14(12-7-8-13(12)15(21)22)17-9-1-3-10(4-2-9)18-16(23)19-11-5-6-11/h1-4,11-13H,5-8H2,(H,17,20)(H,21,22)(H2,18,19,23). The van der Waals surface area contributed by atoms with Crippen molar-refractivity contribution in [2.45, 2.75) is 31.7 Å². The zero-order chi connectivity index (χ0) is 16.4. The molecule has 23 heavy (non-hydrogen) atoms. The summed E-state index contributed by atoms with van der Waals surface area (Å²) in [6.07, 6.45) is 3.20. The van der Waals surface area contributed by atoms with Crippen molar-refractivity contribution < 1.29 is 19.5 Å². The van der Waals surface area contributed by atoms with Crippen LogP contribution in [0.1, 0.15) is 25.7 Å². The van der Waals surface area contributed by atoms with Crippen LogP contribution in [0.2, 0.25) is 0 Å². The topological polar surface area (TPSA) is 108 Å². The van der Waals surface area contributed by atoms with Crippen LogP contribution in [0.15, 0.2) is 24.3 Å². The van der Waals surface area contributed by atoms with Gasteiger partial charge in [-0.2, -0.15) is 0 Å². The van der Waals surface area contributed by atoms with Crippen LogP contribution >= 0.6 is 0 Å². The second kappa shape index (κ2) is 6.28. The van der Waals surface area contributed by atoms with E-state index in [2.05, 4.69) is 16.0 Å². The number of carboxylic acid groups (broad SMARTS) is 1. The summed E-state index contributed by atoms with van der Waals surface area (Å²) in [4.78, 5) is 34.6. The molecule has 4 N–H and O–H groups in total. The van der Waals surface area contributed by atoms with Gasteiger partial charge in [-0.05, 0) is 49.9 Å². The van der Waals surface area contributed by atoms with Crippen molar-refractivity contribution in [3.05, 3.63) is 24.3 Å². The van der Waals surface area contributed by atoms with Gasteiger partial charge in [0.15, 0.2) is 0 Å². The average Bonchev–Trinajstić information content (AvgIpc) is 3.22. The highest BCUT2D eigenvalue weighted by Gasteiger charge is 2.41. The molecule has 0 bridgehead atoms. The maximum atomic E-state index is 12.0. The van der Waals surface area contributed by atoms with Crippen molar-refractivity contribution in [2.75, 3.05) is 10.6 Å². The summed E-state index contributed by atoms with van der Waals surface area (Å²) >= 11 is 0. The van der Waals surface area contributed by atoms with Gasteiger partial charge in [-0.3, -0.25) is 9.59 Å². The Kier molecular flexibility index (Phi) is 4.18. The summed E-state index contributed by atoms with van der Waals surface area (Å²) in [5.74, 6) is -2.23. The van der Waals surface area contributed by atoms with E-state index in [1.165, 1.54) is 0 Å².